The highest BCUT2D eigenvalue weighted by Crippen LogP contribution is 2.28. The average molecular weight is 413 g/mol. The zero-order valence-corrected chi connectivity index (χ0v) is 17.3. The summed E-state index contributed by atoms with van der Waals surface area (Å²) in [6.45, 7) is 2.58. The standard InChI is InChI=1S/C22H24N2O2S2/c25-28(26,21-6-4-18(5-7-21)19-11-16-27-17-19)22-9-14-24(15-10-22)13-8-20-3-1-2-12-23-20/h1-7,11-12,16-17,22H,8-10,13-15H2. The molecule has 4 rings (SSSR count). The predicted octanol–water partition coefficient (Wildman–Crippen LogP) is 4.29. The number of hydrogen-bond donors (Lipinski definition) is 0. The Morgan fingerprint density at radius 1 is 1.00 bits per heavy atom. The molecule has 0 atom stereocenters. The third-order valence-corrected chi connectivity index (χ3v) is 8.38. The number of thiophene rings is 1. The number of aromatic nitrogens is 1. The van der Waals surface area contributed by atoms with Gasteiger partial charge in [-0.1, -0.05) is 18.2 Å². The molecule has 28 heavy (non-hydrogen) atoms. The monoisotopic (exact) mass is 412 g/mol. The van der Waals surface area contributed by atoms with Crippen LogP contribution in [0.25, 0.3) is 11.1 Å². The van der Waals surface area contributed by atoms with Crippen molar-refractivity contribution in [1.82, 2.24) is 9.88 Å². The summed E-state index contributed by atoms with van der Waals surface area (Å²) in [6, 6.07) is 15.4. The van der Waals surface area contributed by atoms with Crippen molar-refractivity contribution in [3.8, 4) is 11.1 Å². The highest BCUT2D eigenvalue weighted by Gasteiger charge is 2.31. The van der Waals surface area contributed by atoms with E-state index in [0.717, 1.165) is 42.9 Å². The summed E-state index contributed by atoms with van der Waals surface area (Å²) >= 11 is 1.64. The maximum absolute atomic E-state index is 13.0. The molecular formula is C22H24N2O2S2. The topological polar surface area (TPSA) is 50.3 Å². The van der Waals surface area contributed by atoms with Crippen LogP contribution in [-0.2, 0) is 16.3 Å². The molecule has 0 saturated carbocycles. The number of benzene rings is 1. The lowest BCUT2D eigenvalue weighted by Gasteiger charge is -2.31. The van der Waals surface area contributed by atoms with Gasteiger partial charge in [0.05, 0.1) is 10.1 Å². The molecule has 6 heteroatoms. The van der Waals surface area contributed by atoms with Crippen LogP contribution in [0.3, 0.4) is 0 Å². The number of hydrogen-bond acceptors (Lipinski definition) is 5. The second kappa shape index (κ2) is 8.55. The zero-order chi connectivity index (χ0) is 19.4. The van der Waals surface area contributed by atoms with E-state index in [1.54, 1.807) is 23.5 Å². The van der Waals surface area contributed by atoms with Gasteiger partial charge >= 0.3 is 0 Å². The molecule has 1 aliphatic heterocycles. The molecule has 1 fully saturated rings. The van der Waals surface area contributed by atoms with Crippen LogP contribution in [0.4, 0.5) is 0 Å². The molecule has 3 aromatic rings. The average Bonchev–Trinajstić information content (AvgIpc) is 3.28. The van der Waals surface area contributed by atoms with Gasteiger partial charge in [-0.15, -0.1) is 0 Å². The van der Waals surface area contributed by atoms with Crippen molar-refractivity contribution in [2.24, 2.45) is 0 Å². The Labute approximate surface area is 170 Å². The molecule has 1 saturated heterocycles. The summed E-state index contributed by atoms with van der Waals surface area (Å²) in [5.74, 6) is 0. The molecule has 0 aliphatic carbocycles. The van der Waals surface area contributed by atoms with Gasteiger partial charge in [0.2, 0.25) is 0 Å². The quantitative estimate of drug-likeness (QED) is 0.606. The molecule has 0 amide bonds. The van der Waals surface area contributed by atoms with Crippen LogP contribution < -0.4 is 0 Å². The molecular weight excluding hydrogens is 388 g/mol. The number of likely N-dealkylation sites (tertiary alicyclic amines) is 1. The number of nitrogens with zero attached hydrogens (tertiary/aromatic N) is 2. The van der Waals surface area contributed by atoms with Gasteiger partial charge in [-0.05, 0) is 78.2 Å². The van der Waals surface area contributed by atoms with Crippen molar-refractivity contribution in [3.63, 3.8) is 0 Å². The van der Waals surface area contributed by atoms with Gasteiger partial charge in [-0.25, -0.2) is 8.42 Å². The molecule has 146 valence electrons. The molecule has 1 aliphatic rings. The van der Waals surface area contributed by atoms with Crippen molar-refractivity contribution in [2.45, 2.75) is 29.4 Å². The van der Waals surface area contributed by atoms with E-state index in [9.17, 15) is 8.42 Å². The van der Waals surface area contributed by atoms with E-state index in [4.69, 9.17) is 0 Å². The fourth-order valence-corrected chi connectivity index (χ4v) is 6.12. The van der Waals surface area contributed by atoms with E-state index in [2.05, 4.69) is 21.3 Å². The lowest BCUT2D eigenvalue weighted by atomic mass is 10.1. The summed E-state index contributed by atoms with van der Waals surface area (Å²) in [5.41, 5.74) is 3.28. The van der Waals surface area contributed by atoms with Crippen molar-refractivity contribution in [3.05, 3.63) is 71.2 Å². The second-order valence-corrected chi connectivity index (χ2v) is 10.2. The lowest BCUT2D eigenvalue weighted by molar-refractivity contribution is 0.232. The van der Waals surface area contributed by atoms with E-state index in [1.165, 1.54) is 0 Å². The first-order valence-corrected chi connectivity index (χ1v) is 12.1. The molecule has 0 N–H and O–H groups in total. The molecule has 0 spiro atoms. The first-order valence-electron chi connectivity index (χ1n) is 9.62. The fourth-order valence-electron chi connectivity index (χ4n) is 3.72. The van der Waals surface area contributed by atoms with Crippen LogP contribution in [0.15, 0.2) is 70.4 Å². The Morgan fingerprint density at radius 3 is 2.43 bits per heavy atom. The van der Waals surface area contributed by atoms with Crippen LogP contribution in [0, 0.1) is 0 Å². The third kappa shape index (κ3) is 4.35. The van der Waals surface area contributed by atoms with Crippen molar-refractivity contribution in [1.29, 1.82) is 0 Å². The Kier molecular flexibility index (Phi) is 5.90. The maximum atomic E-state index is 13.0. The number of pyridine rings is 1. The fraction of sp³-hybridized carbons (Fsp3) is 0.318. The number of piperidine rings is 1. The first kappa shape index (κ1) is 19.3. The third-order valence-electron chi connectivity index (χ3n) is 5.42. The molecule has 3 heterocycles. The van der Waals surface area contributed by atoms with Gasteiger partial charge in [0.1, 0.15) is 0 Å². The smallest absolute Gasteiger partial charge is 0.181 e. The minimum absolute atomic E-state index is 0.286. The summed E-state index contributed by atoms with van der Waals surface area (Å²) in [4.78, 5) is 7.15. The second-order valence-electron chi connectivity index (χ2n) is 7.19. The van der Waals surface area contributed by atoms with Crippen LogP contribution in [0.2, 0.25) is 0 Å². The van der Waals surface area contributed by atoms with Gasteiger partial charge in [-0.2, -0.15) is 11.3 Å². The van der Waals surface area contributed by atoms with Gasteiger partial charge in [-0.3, -0.25) is 4.98 Å². The number of rotatable bonds is 6. The van der Waals surface area contributed by atoms with E-state index in [0.29, 0.717) is 17.7 Å². The Bertz CT molecular complexity index is 977. The molecule has 0 bridgehead atoms. The van der Waals surface area contributed by atoms with Crippen molar-refractivity contribution < 1.29 is 8.42 Å². The predicted molar refractivity (Wildman–Crippen MR) is 114 cm³/mol. The van der Waals surface area contributed by atoms with Gasteiger partial charge in [0, 0.05) is 24.9 Å². The maximum Gasteiger partial charge on any atom is 0.181 e. The summed E-state index contributed by atoms with van der Waals surface area (Å²) in [6.07, 6.45) is 4.10. The van der Waals surface area contributed by atoms with Crippen LogP contribution in [0.1, 0.15) is 18.5 Å². The Hall–Kier alpha value is -2.02. The van der Waals surface area contributed by atoms with Gasteiger partial charge in [0.25, 0.3) is 0 Å². The van der Waals surface area contributed by atoms with E-state index < -0.39 is 9.84 Å². The summed E-state index contributed by atoms with van der Waals surface area (Å²) < 4.78 is 26.1. The molecule has 4 nitrogen and oxygen atoms in total. The Balaban J connectivity index is 1.35. The highest BCUT2D eigenvalue weighted by molar-refractivity contribution is 7.92. The number of sulfone groups is 1. The van der Waals surface area contributed by atoms with Crippen molar-refractivity contribution in [2.75, 3.05) is 19.6 Å². The van der Waals surface area contributed by atoms with Crippen molar-refractivity contribution >= 4 is 21.2 Å². The molecule has 1 aromatic carbocycles. The SMILES string of the molecule is O=S(=O)(c1ccc(-c2ccsc2)cc1)C1CCN(CCc2ccccn2)CC1. The van der Waals surface area contributed by atoms with Crippen LogP contribution in [-0.4, -0.2) is 43.2 Å². The minimum Gasteiger partial charge on any atom is -0.303 e. The summed E-state index contributed by atoms with van der Waals surface area (Å²) in [5, 5.41) is 3.82. The Morgan fingerprint density at radius 2 is 1.79 bits per heavy atom. The largest absolute Gasteiger partial charge is 0.303 e. The lowest BCUT2D eigenvalue weighted by Crippen LogP contribution is -2.40. The van der Waals surface area contributed by atoms with Crippen LogP contribution >= 0.6 is 11.3 Å². The van der Waals surface area contributed by atoms with Gasteiger partial charge in [0.15, 0.2) is 9.84 Å². The van der Waals surface area contributed by atoms with Crippen LogP contribution in [0.5, 0.6) is 0 Å². The normalized spacial score (nSPS) is 16.3. The van der Waals surface area contributed by atoms with E-state index in [1.807, 2.05) is 41.9 Å². The molecule has 0 radical (unpaired) electrons. The highest BCUT2D eigenvalue weighted by atomic mass is 32.2. The van der Waals surface area contributed by atoms with E-state index in [-0.39, 0.29) is 5.25 Å². The van der Waals surface area contributed by atoms with E-state index >= 15 is 0 Å². The minimum atomic E-state index is -3.27. The summed E-state index contributed by atoms with van der Waals surface area (Å²) in [7, 11) is -3.27. The van der Waals surface area contributed by atoms with Gasteiger partial charge < -0.3 is 4.90 Å². The molecule has 0 unspecified atom stereocenters. The zero-order valence-electron chi connectivity index (χ0n) is 15.7. The molecule has 2 aromatic heterocycles. The first-order chi connectivity index (χ1) is 13.6.